The maximum atomic E-state index is 12.1. The molecule has 0 spiro atoms. The van der Waals surface area contributed by atoms with Gasteiger partial charge in [-0.1, -0.05) is 11.6 Å². The molecule has 25 heavy (non-hydrogen) atoms. The summed E-state index contributed by atoms with van der Waals surface area (Å²) in [5.74, 6) is -1.10. The molecule has 1 aromatic rings. The predicted octanol–water partition coefficient (Wildman–Crippen LogP) is 1.34. The van der Waals surface area contributed by atoms with Gasteiger partial charge in [-0.15, -0.1) is 0 Å². The molecule has 1 heterocycles. The molecule has 134 valence electrons. The third kappa shape index (κ3) is 4.42. The second-order valence-corrected chi connectivity index (χ2v) is 5.66. The van der Waals surface area contributed by atoms with Crippen LogP contribution in [0.15, 0.2) is 29.5 Å². The van der Waals surface area contributed by atoms with Crippen molar-refractivity contribution in [2.75, 3.05) is 13.2 Å². The zero-order valence-electron chi connectivity index (χ0n) is 13.7. The molecule has 4 N–H and O–H groups in total. The first-order chi connectivity index (χ1) is 11.8. The van der Waals surface area contributed by atoms with Gasteiger partial charge in [0.2, 0.25) is 0 Å². The minimum atomic E-state index is -0.686. The summed E-state index contributed by atoms with van der Waals surface area (Å²) in [6, 6.07) is 3.34. The van der Waals surface area contributed by atoms with E-state index < -0.39 is 23.9 Å². The maximum absolute atomic E-state index is 12.1. The summed E-state index contributed by atoms with van der Waals surface area (Å²) in [4.78, 5) is 35.3. The van der Waals surface area contributed by atoms with Crippen LogP contribution in [0.3, 0.4) is 0 Å². The van der Waals surface area contributed by atoms with Crippen LogP contribution in [0.5, 0.6) is 5.75 Å². The molecule has 1 unspecified atom stereocenters. The molecule has 1 aliphatic heterocycles. The molecule has 0 fully saturated rings. The topological polar surface area (TPSA) is 120 Å². The van der Waals surface area contributed by atoms with Gasteiger partial charge in [-0.25, -0.2) is 9.59 Å². The molecule has 1 aliphatic rings. The largest absolute Gasteiger partial charge is 0.486 e. The predicted molar refractivity (Wildman–Crippen MR) is 90.3 cm³/mol. The van der Waals surface area contributed by atoms with Gasteiger partial charge in [-0.2, -0.15) is 0 Å². The summed E-state index contributed by atoms with van der Waals surface area (Å²) >= 11 is 5.91. The highest BCUT2D eigenvalue weighted by Crippen LogP contribution is 2.24. The molecule has 1 atom stereocenters. The first-order valence-corrected chi connectivity index (χ1v) is 7.91. The quantitative estimate of drug-likeness (QED) is 0.655. The summed E-state index contributed by atoms with van der Waals surface area (Å²) < 4.78 is 10.6. The SMILES string of the molecule is CCOC(=O)C1=C(COc2cc(Cl)ccc2C(N)=O)NC(=O)NC1C. The summed E-state index contributed by atoms with van der Waals surface area (Å²) in [6.45, 7) is 3.35. The Hall–Kier alpha value is -2.74. The van der Waals surface area contributed by atoms with Crippen LogP contribution >= 0.6 is 11.6 Å². The van der Waals surface area contributed by atoms with Gasteiger partial charge in [0, 0.05) is 5.02 Å². The second-order valence-electron chi connectivity index (χ2n) is 5.23. The van der Waals surface area contributed by atoms with Gasteiger partial charge in [0.25, 0.3) is 5.91 Å². The van der Waals surface area contributed by atoms with Gasteiger partial charge in [-0.3, -0.25) is 4.79 Å². The van der Waals surface area contributed by atoms with Crippen LogP contribution in [0, 0.1) is 0 Å². The van der Waals surface area contributed by atoms with Gasteiger partial charge in [-0.05, 0) is 32.0 Å². The lowest BCUT2D eigenvalue weighted by Gasteiger charge is -2.26. The normalized spacial score (nSPS) is 16.8. The first-order valence-electron chi connectivity index (χ1n) is 7.53. The minimum absolute atomic E-state index is 0.135. The number of urea groups is 1. The molecule has 0 radical (unpaired) electrons. The van der Waals surface area contributed by atoms with Gasteiger partial charge < -0.3 is 25.8 Å². The minimum Gasteiger partial charge on any atom is -0.486 e. The van der Waals surface area contributed by atoms with E-state index in [1.54, 1.807) is 13.8 Å². The van der Waals surface area contributed by atoms with Crippen molar-refractivity contribution in [2.45, 2.75) is 19.9 Å². The van der Waals surface area contributed by atoms with Crippen molar-refractivity contribution in [1.82, 2.24) is 10.6 Å². The lowest BCUT2D eigenvalue weighted by atomic mass is 10.0. The molecule has 1 aromatic carbocycles. The van der Waals surface area contributed by atoms with E-state index in [1.165, 1.54) is 18.2 Å². The van der Waals surface area contributed by atoms with E-state index >= 15 is 0 Å². The number of nitrogens with one attached hydrogen (secondary N) is 2. The van der Waals surface area contributed by atoms with Gasteiger partial charge in [0.15, 0.2) is 0 Å². The number of amides is 3. The van der Waals surface area contributed by atoms with Crippen LogP contribution in [0.2, 0.25) is 5.02 Å². The Kier molecular flexibility index (Phi) is 5.87. The van der Waals surface area contributed by atoms with Crippen LogP contribution in [-0.4, -0.2) is 37.2 Å². The van der Waals surface area contributed by atoms with E-state index in [4.69, 9.17) is 26.8 Å². The van der Waals surface area contributed by atoms with Gasteiger partial charge in [0.05, 0.1) is 29.5 Å². The van der Waals surface area contributed by atoms with Crippen LogP contribution in [0.4, 0.5) is 4.79 Å². The fourth-order valence-corrected chi connectivity index (χ4v) is 2.52. The summed E-state index contributed by atoms with van der Waals surface area (Å²) in [5.41, 5.74) is 5.92. The van der Waals surface area contributed by atoms with Crippen LogP contribution in [-0.2, 0) is 9.53 Å². The molecule has 0 saturated heterocycles. The number of nitrogens with two attached hydrogens (primary N) is 1. The standard InChI is InChI=1S/C16H18ClN3O5/c1-3-24-15(22)13-8(2)19-16(23)20-11(13)7-25-12-6-9(17)4-5-10(12)14(18)21/h4-6,8H,3,7H2,1-2H3,(H2,18,21)(H2,19,20,23). The number of ether oxygens (including phenoxy) is 2. The third-order valence-electron chi connectivity index (χ3n) is 3.45. The van der Waals surface area contributed by atoms with E-state index in [9.17, 15) is 14.4 Å². The molecular weight excluding hydrogens is 350 g/mol. The summed E-state index contributed by atoms with van der Waals surface area (Å²) in [6.07, 6.45) is 0. The summed E-state index contributed by atoms with van der Waals surface area (Å²) in [5, 5.41) is 5.45. The highest BCUT2D eigenvalue weighted by atomic mass is 35.5. The second kappa shape index (κ2) is 7.89. The van der Waals surface area contributed by atoms with E-state index in [1.807, 2.05) is 0 Å². The first kappa shape index (κ1) is 18.6. The number of esters is 1. The number of halogens is 1. The van der Waals surface area contributed by atoms with Crippen LogP contribution in [0.25, 0.3) is 0 Å². The zero-order valence-corrected chi connectivity index (χ0v) is 14.5. The molecule has 0 aliphatic carbocycles. The van der Waals surface area contributed by atoms with Crippen molar-refractivity contribution in [3.8, 4) is 5.75 Å². The number of hydrogen-bond donors (Lipinski definition) is 3. The average Bonchev–Trinajstić information content (AvgIpc) is 2.52. The Morgan fingerprint density at radius 2 is 2.08 bits per heavy atom. The Labute approximate surface area is 149 Å². The third-order valence-corrected chi connectivity index (χ3v) is 3.68. The zero-order chi connectivity index (χ0) is 18.6. The van der Waals surface area contributed by atoms with Crippen molar-refractivity contribution in [1.29, 1.82) is 0 Å². The number of primary amides is 1. The Morgan fingerprint density at radius 3 is 2.72 bits per heavy atom. The molecule has 0 bridgehead atoms. The highest BCUT2D eigenvalue weighted by molar-refractivity contribution is 6.30. The van der Waals surface area contributed by atoms with E-state index in [0.29, 0.717) is 5.02 Å². The molecule has 9 heteroatoms. The van der Waals surface area contributed by atoms with Crippen molar-refractivity contribution in [3.63, 3.8) is 0 Å². The lowest BCUT2D eigenvalue weighted by molar-refractivity contribution is -0.139. The van der Waals surface area contributed by atoms with E-state index in [0.717, 1.165) is 0 Å². The molecular formula is C16H18ClN3O5. The smallest absolute Gasteiger partial charge is 0.338 e. The van der Waals surface area contributed by atoms with Gasteiger partial charge in [0.1, 0.15) is 12.4 Å². The fraction of sp³-hybridized carbons (Fsp3) is 0.312. The highest BCUT2D eigenvalue weighted by Gasteiger charge is 2.30. The Bertz CT molecular complexity index is 747. The average molecular weight is 368 g/mol. The van der Waals surface area contributed by atoms with Crippen molar-refractivity contribution in [2.24, 2.45) is 5.73 Å². The van der Waals surface area contributed by atoms with Crippen molar-refractivity contribution >= 4 is 29.5 Å². The molecule has 3 amide bonds. The number of carbonyl (C=O) groups is 3. The number of carbonyl (C=O) groups excluding carboxylic acids is 3. The molecule has 8 nitrogen and oxygen atoms in total. The van der Waals surface area contributed by atoms with Gasteiger partial charge >= 0.3 is 12.0 Å². The van der Waals surface area contributed by atoms with Crippen molar-refractivity contribution in [3.05, 3.63) is 40.1 Å². The van der Waals surface area contributed by atoms with E-state index in [2.05, 4.69) is 10.6 Å². The monoisotopic (exact) mass is 367 g/mol. The maximum Gasteiger partial charge on any atom is 0.338 e. The number of rotatable bonds is 6. The van der Waals surface area contributed by atoms with Crippen LogP contribution < -0.4 is 21.1 Å². The van der Waals surface area contributed by atoms with E-state index in [-0.39, 0.29) is 35.8 Å². The number of hydrogen-bond acceptors (Lipinski definition) is 5. The Morgan fingerprint density at radius 1 is 1.36 bits per heavy atom. The Balaban J connectivity index is 2.31. The molecule has 0 saturated carbocycles. The lowest BCUT2D eigenvalue weighted by Crippen LogP contribution is -2.50. The molecule has 0 aromatic heterocycles. The summed E-state index contributed by atoms with van der Waals surface area (Å²) in [7, 11) is 0. The molecule has 2 rings (SSSR count). The van der Waals surface area contributed by atoms with Crippen molar-refractivity contribution < 1.29 is 23.9 Å². The van der Waals surface area contributed by atoms with Crippen LogP contribution in [0.1, 0.15) is 24.2 Å². The number of benzene rings is 1. The fourth-order valence-electron chi connectivity index (χ4n) is 2.36.